The number of carbonyl (C=O) groups is 3. The first-order chi connectivity index (χ1) is 11.1. The molecule has 0 saturated carbocycles. The SMILES string of the molecule is Cc1ccc(SCC(=O)OCC(=O)NC(=O)NC(C)(C)C)c(C)c1. The van der Waals surface area contributed by atoms with Gasteiger partial charge in [-0.25, -0.2) is 4.79 Å². The van der Waals surface area contributed by atoms with E-state index in [0.29, 0.717) is 0 Å². The smallest absolute Gasteiger partial charge is 0.321 e. The predicted octanol–water partition coefficient (Wildman–Crippen LogP) is 2.56. The summed E-state index contributed by atoms with van der Waals surface area (Å²) in [4.78, 5) is 35.7. The summed E-state index contributed by atoms with van der Waals surface area (Å²) in [5, 5.41) is 4.69. The molecule has 0 spiro atoms. The zero-order valence-corrected chi connectivity index (χ0v) is 15.5. The molecule has 6 nitrogen and oxygen atoms in total. The Balaban J connectivity index is 2.33. The molecule has 2 N–H and O–H groups in total. The number of carbonyl (C=O) groups excluding carboxylic acids is 3. The fourth-order valence-corrected chi connectivity index (χ4v) is 2.63. The van der Waals surface area contributed by atoms with Gasteiger partial charge < -0.3 is 10.1 Å². The summed E-state index contributed by atoms with van der Waals surface area (Å²) in [5.41, 5.74) is 1.79. The van der Waals surface area contributed by atoms with Gasteiger partial charge in [0.2, 0.25) is 0 Å². The van der Waals surface area contributed by atoms with Crippen LogP contribution in [0.2, 0.25) is 0 Å². The number of aryl methyl sites for hydroxylation is 2. The Morgan fingerprint density at radius 3 is 2.42 bits per heavy atom. The third kappa shape index (κ3) is 8.01. The van der Waals surface area contributed by atoms with Crippen LogP contribution in [0.1, 0.15) is 31.9 Å². The number of hydrogen-bond donors (Lipinski definition) is 2. The molecular formula is C17H24N2O4S. The minimum Gasteiger partial charge on any atom is -0.455 e. The maximum Gasteiger partial charge on any atom is 0.321 e. The van der Waals surface area contributed by atoms with Crippen LogP contribution in [0.3, 0.4) is 0 Å². The summed E-state index contributed by atoms with van der Waals surface area (Å²) in [6.45, 7) is 8.88. The van der Waals surface area contributed by atoms with Crippen LogP contribution in [-0.2, 0) is 14.3 Å². The molecule has 132 valence electrons. The Morgan fingerprint density at radius 1 is 1.17 bits per heavy atom. The van der Waals surface area contributed by atoms with Crippen molar-refractivity contribution in [2.24, 2.45) is 0 Å². The number of hydrogen-bond acceptors (Lipinski definition) is 5. The van der Waals surface area contributed by atoms with E-state index in [-0.39, 0.29) is 5.75 Å². The summed E-state index contributed by atoms with van der Waals surface area (Å²) in [6.07, 6.45) is 0. The Morgan fingerprint density at radius 2 is 1.83 bits per heavy atom. The summed E-state index contributed by atoms with van der Waals surface area (Å²) in [6, 6.07) is 5.34. The fourth-order valence-electron chi connectivity index (χ4n) is 1.82. The average Bonchev–Trinajstić information content (AvgIpc) is 2.42. The van der Waals surface area contributed by atoms with Crippen molar-refractivity contribution in [2.75, 3.05) is 12.4 Å². The second-order valence-corrected chi connectivity index (χ2v) is 7.49. The third-order valence-electron chi connectivity index (χ3n) is 2.78. The molecular weight excluding hydrogens is 328 g/mol. The zero-order valence-electron chi connectivity index (χ0n) is 14.7. The van der Waals surface area contributed by atoms with Gasteiger partial charge in [-0.15, -0.1) is 11.8 Å². The number of thioether (sulfide) groups is 1. The monoisotopic (exact) mass is 352 g/mol. The molecule has 0 atom stereocenters. The summed E-state index contributed by atoms with van der Waals surface area (Å²) in [5.74, 6) is -1.07. The molecule has 1 aromatic rings. The van der Waals surface area contributed by atoms with E-state index in [4.69, 9.17) is 4.74 Å². The van der Waals surface area contributed by atoms with Crippen molar-refractivity contribution in [3.05, 3.63) is 29.3 Å². The lowest BCUT2D eigenvalue weighted by Gasteiger charge is -2.20. The van der Waals surface area contributed by atoms with Gasteiger partial charge in [0.15, 0.2) is 6.61 Å². The van der Waals surface area contributed by atoms with E-state index in [1.54, 1.807) is 20.8 Å². The number of nitrogens with one attached hydrogen (secondary N) is 2. The molecule has 1 aromatic carbocycles. The van der Waals surface area contributed by atoms with Crippen LogP contribution < -0.4 is 10.6 Å². The maximum atomic E-state index is 11.7. The first-order valence-electron chi connectivity index (χ1n) is 7.54. The molecule has 0 aliphatic heterocycles. The molecule has 0 fully saturated rings. The van der Waals surface area contributed by atoms with Gasteiger partial charge in [0.05, 0.1) is 5.75 Å². The topological polar surface area (TPSA) is 84.5 Å². The van der Waals surface area contributed by atoms with Gasteiger partial charge in [0.25, 0.3) is 5.91 Å². The van der Waals surface area contributed by atoms with Crippen LogP contribution in [-0.4, -0.2) is 35.8 Å². The molecule has 1 rings (SSSR count). The number of urea groups is 1. The quantitative estimate of drug-likeness (QED) is 0.628. The molecule has 0 aromatic heterocycles. The van der Waals surface area contributed by atoms with Crippen molar-refractivity contribution in [2.45, 2.75) is 45.1 Å². The largest absolute Gasteiger partial charge is 0.455 e. The Kier molecular flexibility index (Phi) is 7.28. The van der Waals surface area contributed by atoms with Crippen LogP contribution in [0.25, 0.3) is 0 Å². The summed E-state index contributed by atoms with van der Waals surface area (Å²) >= 11 is 1.35. The second kappa shape index (κ2) is 8.73. The number of benzene rings is 1. The van der Waals surface area contributed by atoms with Crippen molar-refractivity contribution in [3.63, 3.8) is 0 Å². The molecule has 7 heteroatoms. The number of rotatable bonds is 5. The molecule has 3 amide bonds. The Bertz CT molecular complexity index is 624. The molecule has 0 aliphatic rings. The van der Waals surface area contributed by atoms with Gasteiger partial charge in [-0.1, -0.05) is 17.7 Å². The molecule has 0 unspecified atom stereocenters. The van der Waals surface area contributed by atoms with Gasteiger partial charge in [0, 0.05) is 10.4 Å². The highest BCUT2D eigenvalue weighted by atomic mass is 32.2. The first-order valence-corrected chi connectivity index (χ1v) is 8.53. The normalized spacial score (nSPS) is 10.9. The van der Waals surface area contributed by atoms with E-state index >= 15 is 0 Å². The van der Waals surface area contributed by atoms with Crippen LogP contribution in [0.15, 0.2) is 23.1 Å². The Labute approximate surface area is 146 Å². The Hall–Kier alpha value is -2.02. The van der Waals surface area contributed by atoms with Gasteiger partial charge in [0.1, 0.15) is 0 Å². The number of imide groups is 1. The average molecular weight is 352 g/mol. The van der Waals surface area contributed by atoms with E-state index < -0.39 is 30.1 Å². The lowest BCUT2D eigenvalue weighted by Crippen LogP contribution is -2.49. The van der Waals surface area contributed by atoms with Gasteiger partial charge in [-0.2, -0.15) is 0 Å². The highest BCUT2D eigenvalue weighted by Crippen LogP contribution is 2.23. The van der Waals surface area contributed by atoms with Crippen molar-refractivity contribution in [1.82, 2.24) is 10.6 Å². The minimum atomic E-state index is -0.665. The molecule has 0 radical (unpaired) electrons. The summed E-state index contributed by atoms with van der Waals surface area (Å²) in [7, 11) is 0. The van der Waals surface area contributed by atoms with Crippen molar-refractivity contribution >= 4 is 29.7 Å². The van der Waals surface area contributed by atoms with Gasteiger partial charge in [-0.05, 0) is 46.2 Å². The van der Waals surface area contributed by atoms with E-state index in [9.17, 15) is 14.4 Å². The van der Waals surface area contributed by atoms with Crippen LogP contribution in [0.5, 0.6) is 0 Å². The lowest BCUT2D eigenvalue weighted by molar-refractivity contribution is -0.145. The van der Waals surface area contributed by atoms with Crippen LogP contribution >= 0.6 is 11.8 Å². The molecule has 0 heterocycles. The van der Waals surface area contributed by atoms with E-state index in [0.717, 1.165) is 16.0 Å². The molecule has 24 heavy (non-hydrogen) atoms. The van der Waals surface area contributed by atoms with Crippen molar-refractivity contribution in [3.8, 4) is 0 Å². The van der Waals surface area contributed by atoms with E-state index in [1.165, 1.54) is 11.8 Å². The van der Waals surface area contributed by atoms with E-state index in [2.05, 4.69) is 10.6 Å². The van der Waals surface area contributed by atoms with Crippen LogP contribution in [0.4, 0.5) is 4.79 Å². The number of esters is 1. The molecule has 0 bridgehead atoms. The standard InChI is InChI=1S/C17H24N2O4S/c1-11-6-7-13(12(2)8-11)24-10-15(21)23-9-14(20)18-16(22)19-17(3,4)5/h6-8H,9-10H2,1-5H3,(H2,18,19,20,22). The van der Waals surface area contributed by atoms with Gasteiger partial charge in [-0.3, -0.25) is 14.9 Å². The van der Waals surface area contributed by atoms with E-state index in [1.807, 2.05) is 32.0 Å². The fraction of sp³-hybridized carbons (Fsp3) is 0.471. The van der Waals surface area contributed by atoms with Gasteiger partial charge >= 0.3 is 12.0 Å². The molecule has 0 saturated heterocycles. The minimum absolute atomic E-state index is 0.103. The lowest BCUT2D eigenvalue weighted by atomic mass is 10.1. The van der Waals surface area contributed by atoms with Crippen LogP contribution in [0, 0.1) is 13.8 Å². The first kappa shape index (κ1) is 20.0. The molecule has 0 aliphatic carbocycles. The third-order valence-corrected chi connectivity index (χ3v) is 3.93. The highest BCUT2D eigenvalue weighted by Gasteiger charge is 2.16. The number of ether oxygens (including phenoxy) is 1. The second-order valence-electron chi connectivity index (χ2n) is 6.47. The number of amides is 3. The van der Waals surface area contributed by atoms with Crippen molar-refractivity contribution in [1.29, 1.82) is 0 Å². The summed E-state index contributed by atoms with van der Waals surface area (Å²) < 4.78 is 4.87. The zero-order chi connectivity index (χ0) is 18.3. The highest BCUT2D eigenvalue weighted by molar-refractivity contribution is 8.00. The maximum absolute atomic E-state index is 11.7. The predicted molar refractivity (Wildman–Crippen MR) is 94.0 cm³/mol. The van der Waals surface area contributed by atoms with Crippen molar-refractivity contribution < 1.29 is 19.1 Å².